The number of amides is 1. The Morgan fingerprint density at radius 2 is 1.69 bits per heavy atom. The molecule has 0 aliphatic carbocycles. The van der Waals surface area contributed by atoms with Gasteiger partial charge in [-0.3, -0.25) is 4.79 Å². The lowest BCUT2D eigenvalue weighted by molar-refractivity contribution is 0.102. The first-order chi connectivity index (χ1) is 14.1. The van der Waals surface area contributed by atoms with Gasteiger partial charge in [-0.05, 0) is 70.9 Å². The molecule has 0 fully saturated rings. The van der Waals surface area contributed by atoms with Gasteiger partial charge in [0.05, 0.1) is 18.2 Å². The van der Waals surface area contributed by atoms with E-state index in [2.05, 4.69) is 21.2 Å². The van der Waals surface area contributed by atoms with Crippen molar-refractivity contribution in [3.63, 3.8) is 0 Å². The fourth-order valence-corrected chi connectivity index (χ4v) is 3.19. The number of methoxy groups -OCH3 is 1. The molecule has 0 heterocycles. The van der Waals surface area contributed by atoms with Gasteiger partial charge in [0.15, 0.2) is 11.5 Å². The molecular formula is C23H22BrNO4. The van der Waals surface area contributed by atoms with Crippen molar-refractivity contribution >= 4 is 27.5 Å². The minimum absolute atomic E-state index is 0.247. The first-order valence-electron chi connectivity index (χ1n) is 9.25. The molecule has 0 saturated heterocycles. The van der Waals surface area contributed by atoms with E-state index >= 15 is 0 Å². The molecular weight excluding hydrogens is 434 g/mol. The predicted octanol–water partition coefficient (Wildman–Crippen LogP) is 6.29. The Balaban J connectivity index is 1.70. The number of halogens is 1. The molecule has 3 aromatic rings. The van der Waals surface area contributed by atoms with E-state index in [0.29, 0.717) is 39.6 Å². The molecule has 0 aromatic heterocycles. The average Bonchev–Trinajstić information content (AvgIpc) is 2.74. The molecule has 5 nitrogen and oxygen atoms in total. The third-order valence-electron chi connectivity index (χ3n) is 4.03. The van der Waals surface area contributed by atoms with Crippen molar-refractivity contribution in [3.05, 3.63) is 76.8 Å². The summed E-state index contributed by atoms with van der Waals surface area (Å²) in [5, 5.41) is 2.88. The van der Waals surface area contributed by atoms with Crippen molar-refractivity contribution in [1.82, 2.24) is 0 Å². The number of nitrogens with one attached hydrogen (secondary N) is 1. The van der Waals surface area contributed by atoms with Gasteiger partial charge in [-0.25, -0.2) is 0 Å². The third kappa shape index (κ3) is 5.51. The summed E-state index contributed by atoms with van der Waals surface area (Å²) in [5.41, 5.74) is 1.12. The van der Waals surface area contributed by atoms with E-state index in [1.165, 1.54) is 0 Å². The Hall–Kier alpha value is -2.99. The van der Waals surface area contributed by atoms with E-state index in [1.807, 2.05) is 37.3 Å². The van der Waals surface area contributed by atoms with Crippen LogP contribution < -0.4 is 19.5 Å². The van der Waals surface area contributed by atoms with Gasteiger partial charge >= 0.3 is 0 Å². The second kappa shape index (κ2) is 9.98. The van der Waals surface area contributed by atoms with E-state index in [0.717, 1.165) is 12.2 Å². The quantitative estimate of drug-likeness (QED) is 0.433. The SMILES string of the molecule is CCCOc1c(Br)cc(C(=O)Nc2ccc(Oc3ccccc3)cc2)cc1OC. The molecule has 29 heavy (non-hydrogen) atoms. The summed E-state index contributed by atoms with van der Waals surface area (Å²) in [6.45, 7) is 2.59. The molecule has 0 aliphatic heterocycles. The first-order valence-corrected chi connectivity index (χ1v) is 10.0. The zero-order valence-electron chi connectivity index (χ0n) is 16.3. The second-order valence-electron chi connectivity index (χ2n) is 6.23. The van der Waals surface area contributed by atoms with Crippen LogP contribution in [0.4, 0.5) is 5.69 Å². The van der Waals surface area contributed by atoms with Crippen molar-refractivity contribution in [1.29, 1.82) is 0 Å². The smallest absolute Gasteiger partial charge is 0.255 e. The van der Waals surface area contributed by atoms with Crippen molar-refractivity contribution in [2.75, 3.05) is 19.0 Å². The molecule has 0 bridgehead atoms. The molecule has 0 aliphatic rings. The molecule has 1 amide bonds. The number of para-hydroxylation sites is 1. The standard InChI is InChI=1S/C23H22BrNO4/c1-3-13-28-22-20(24)14-16(15-21(22)27-2)23(26)25-17-9-11-19(12-10-17)29-18-7-5-4-6-8-18/h4-12,14-15H,3,13H2,1-2H3,(H,25,26). The van der Waals surface area contributed by atoms with E-state index in [1.54, 1.807) is 43.5 Å². The summed E-state index contributed by atoms with van der Waals surface area (Å²) in [5.74, 6) is 2.29. The highest BCUT2D eigenvalue weighted by Gasteiger charge is 2.16. The lowest BCUT2D eigenvalue weighted by Crippen LogP contribution is -2.12. The number of carbonyl (C=O) groups excluding carboxylic acids is 1. The van der Waals surface area contributed by atoms with Gasteiger partial charge in [0.1, 0.15) is 11.5 Å². The Kier molecular flexibility index (Phi) is 7.14. The maximum Gasteiger partial charge on any atom is 0.255 e. The zero-order valence-corrected chi connectivity index (χ0v) is 17.9. The van der Waals surface area contributed by atoms with Gasteiger partial charge in [-0.15, -0.1) is 0 Å². The van der Waals surface area contributed by atoms with Crippen molar-refractivity contribution in [3.8, 4) is 23.0 Å². The van der Waals surface area contributed by atoms with Crippen LogP contribution in [0.15, 0.2) is 71.2 Å². The molecule has 0 radical (unpaired) electrons. The van der Waals surface area contributed by atoms with Crippen molar-refractivity contribution in [2.24, 2.45) is 0 Å². The summed E-state index contributed by atoms with van der Waals surface area (Å²) in [6, 6.07) is 20.1. The van der Waals surface area contributed by atoms with Crippen molar-refractivity contribution < 1.29 is 19.0 Å². The van der Waals surface area contributed by atoms with Crippen molar-refractivity contribution in [2.45, 2.75) is 13.3 Å². The lowest BCUT2D eigenvalue weighted by atomic mass is 10.1. The molecule has 3 rings (SSSR count). The highest BCUT2D eigenvalue weighted by molar-refractivity contribution is 9.10. The highest BCUT2D eigenvalue weighted by atomic mass is 79.9. The number of carbonyl (C=O) groups is 1. The Morgan fingerprint density at radius 3 is 2.34 bits per heavy atom. The molecule has 0 unspecified atom stereocenters. The molecule has 0 spiro atoms. The van der Waals surface area contributed by atoms with Crippen LogP contribution in [0.2, 0.25) is 0 Å². The summed E-state index contributed by atoms with van der Waals surface area (Å²) < 4.78 is 17.5. The Bertz CT molecular complexity index is 959. The van der Waals surface area contributed by atoms with Gasteiger partial charge < -0.3 is 19.5 Å². The summed E-state index contributed by atoms with van der Waals surface area (Å²) in [6.07, 6.45) is 0.877. The lowest BCUT2D eigenvalue weighted by Gasteiger charge is -2.14. The minimum atomic E-state index is -0.247. The predicted molar refractivity (Wildman–Crippen MR) is 117 cm³/mol. The van der Waals surface area contributed by atoms with Crippen LogP contribution in [0, 0.1) is 0 Å². The van der Waals surface area contributed by atoms with Gasteiger partial charge in [-0.2, -0.15) is 0 Å². The molecule has 150 valence electrons. The number of rotatable bonds is 8. The first kappa shape index (κ1) is 20.7. The summed E-state index contributed by atoms with van der Waals surface area (Å²) >= 11 is 3.46. The topological polar surface area (TPSA) is 56.8 Å². The van der Waals surface area contributed by atoms with Crippen LogP contribution in [0.1, 0.15) is 23.7 Å². The molecule has 0 saturated carbocycles. The van der Waals surface area contributed by atoms with E-state index in [9.17, 15) is 4.79 Å². The Morgan fingerprint density at radius 1 is 1.00 bits per heavy atom. The molecule has 6 heteroatoms. The monoisotopic (exact) mass is 455 g/mol. The number of anilines is 1. The third-order valence-corrected chi connectivity index (χ3v) is 4.62. The summed E-state index contributed by atoms with van der Waals surface area (Å²) in [7, 11) is 1.55. The van der Waals surface area contributed by atoms with Gasteiger partial charge in [0.25, 0.3) is 5.91 Å². The minimum Gasteiger partial charge on any atom is -0.493 e. The number of hydrogen-bond donors (Lipinski definition) is 1. The van der Waals surface area contributed by atoms with Crippen LogP contribution in [0.25, 0.3) is 0 Å². The largest absolute Gasteiger partial charge is 0.493 e. The summed E-state index contributed by atoms with van der Waals surface area (Å²) in [4.78, 5) is 12.7. The Labute approximate surface area is 178 Å². The fraction of sp³-hybridized carbons (Fsp3) is 0.174. The van der Waals surface area contributed by atoms with E-state index in [4.69, 9.17) is 14.2 Å². The van der Waals surface area contributed by atoms with Gasteiger partial charge in [0.2, 0.25) is 0 Å². The maximum atomic E-state index is 12.7. The fourth-order valence-electron chi connectivity index (χ4n) is 2.63. The van der Waals surface area contributed by atoms with Gasteiger partial charge in [-0.1, -0.05) is 25.1 Å². The number of benzene rings is 3. The highest BCUT2D eigenvalue weighted by Crippen LogP contribution is 2.37. The van der Waals surface area contributed by atoms with E-state index in [-0.39, 0.29) is 5.91 Å². The maximum absolute atomic E-state index is 12.7. The normalized spacial score (nSPS) is 10.3. The zero-order chi connectivity index (χ0) is 20.6. The molecule has 0 atom stereocenters. The van der Waals surface area contributed by atoms with Gasteiger partial charge in [0, 0.05) is 11.3 Å². The van der Waals surface area contributed by atoms with Crippen LogP contribution in [0.3, 0.4) is 0 Å². The molecule has 3 aromatic carbocycles. The number of hydrogen-bond acceptors (Lipinski definition) is 4. The van der Waals surface area contributed by atoms with Crippen LogP contribution >= 0.6 is 15.9 Å². The number of ether oxygens (including phenoxy) is 3. The average molecular weight is 456 g/mol. The van der Waals surface area contributed by atoms with Crippen LogP contribution in [-0.4, -0.2) is 19.6 Å². The second-order valence-corrected chi connectivity index (χ2v) is 7.09. The molecule has 1 N–H and O–H groups in total. The van der Waals surface area contributed by atoms with Crippen LogP contribution in [-0.2, 0) is 0 Å². The van der Waals surface area contributed by atoms with E-state index < -0.39 is 0 Å². The van der Waals surface area contributed by atoms with Crippen LogP contribution in [0.5, 0.6) is 23.0 Å².